The van der Waals surface area contributed by atoms with Crippen molar-refractivity contribution < 1.29 is 4.42 Å². The minimum absolute atomic E-state index is 0.463. The molecule has 4 aromatic rings. The van der Waals surface area contributed by atoms with Gasteiger partial charge in [0.1, 0.15) is 11.3 Å². The van der Waals surface area contributed by atoms with Gasteiger partial charge in [-0.2, -0.15) is 5.10 Å². The van der Waals surface area contributed by atoms with Crippen molar-refractivity contribution in [3.63, 3.8) is 0 Å². The molecule has 5 nitrogen and oxygen atoms in total. The number of fused-ring (bicyclic) bond motifs is 1. The first-order chi connectivity index (χ1) is 13.1. The Labute approximate surface area is 161 Å². The van der Waals surface area contributed by atoms with Crippen molar-refractivity contribution in [2.45, 2.75) is 13.8 Å². The highest BCUT2D eigenvalue weighted by molar-refractivity contribution is 6.30. The van der Waals surface area contributed by atoms with Crippen LogP contribution < -0.4 is 10.8 Å². The lowest BCUT2D eigenvalue weighted by atomic mass is 10.1. The Morgan fingerprint density at radius 1 is 0.926 bits per heavy atom. The lowest BCUT2D eigenvalue weighted by Gasteiger charge is -2.06. The van der Waals surface area contributed by atoms with Crippen LogP contribution in [0.3, 0.4) is 0 Å². The molecule has 0 aliphatic carbocycles. The van der Waals surface area contributed by atoms with E-state index in [-0.39, 0.29) is 0 Å². The molecule has 2 aromatic heterocycles. The molecule has 0 radical (unpaired) electrons. The van der Waals surface area contributed by atoms with E-state index in [1.54, 1.807) is 0 Å². The Balaban J connectivity index is 1.84. The van der Waals surface area contributed by atoms with E-state index in [4.69, 9.17) is 16.0 Å². The third kappa shape index (κ3) is 3.83. The first-order valence-electron chi connectivity index (χ1n) is 8.49. The highest BCUT2D eigenvalue weighted by atomic mass is 35.5. The Morgan fingerprint density at radius 3 is 2.37 bits per heavy atom. The van der Waals surface area contributed by atoms with Crippen molar-refractivity contribution in [1.82, 2.24) is 9.97 Å². The lowest BCUT2D eigenvalue weighted by molar-refractivity contribution is 0.618. The smallest absolute Gasteiger partial charge is 0.243 e. The average molecular weight is 377 g/mol. The topological polar surface area (TPSA) is 63.3 Å². The maximum absolute atomic E-state index is 6.06. The second kappa shape index (κ2) is 7.21. The molecule has 6 heteroatoms. The molecule has 0 atom stereocenters. The number of benzene rings is 2. The van der Waals surface area contributed by atoms with Crippen LogP contribution in [0.25, 0.3) is 22.3 Å². The number of nitrogens with zero attached hydrogens (tertiary/aromatic N) is 3. The van der Waals surface area contributed by atoms with Crippen LogP contribution in [0.1, 0.15) is 11.4 Å². The summed E-state index contributed by atoms with van der Waals surface area (Å²) in [5.41, 5.74) is 6.39. The number of nitrogens with one attached hydrogen (secondary N) is 1. The minimum atomic E-state index is 0.463. The third-order valence-electron chi connectivity index (χ3n) is 4.04. The zero-order chi connectivity index (χ0) is 18.8. The van der Waals surface area contributed by atoms with Gasteiger partial charge in [0.15, 0.2) is 0 Å². The van der Waals surface area contributed by atoms with Gasteiger partial charge in [-0.25, -0.2) is 15.4 Å². The second-order valence-corrected chi connectivity index (χ2v) is 6.63. The van der Waals surface area contributed by atoms with E-state index >= 15 is 0 Å². The van der Waals surface area contributed by atoms with Crippen molar-refractivity contribution in [2.24, 2.45) is 5.10 Å². The molecule has 134 valence electrons. The summed E-state index contributed by atoms with van der Waals surface area (Å²) >= 11 is 6.00. The highest BCUT2D eigenvalue weighted by Crippen LogP contribution is 2.23. The monoisotopic (exact) mass is 376 g/mol. The van der Waals surface area contributed by atoms with Gasteiger partial charge in [-0.3, -0.25) is 0 Å². The van der Waals surface area contributed by atoms with Gasteiger partial charge in [0, 0.05) is 33.4 Å². The maximum Gasteiger partial charge on any atom is 0.243 e. The predicted molar refractivity (Wildman–Crippen MR) is 107 cm³/mol. The van der Waals surface area contributed by atoms with Crippen LogP contribution in [0.15, 0.2) is 70.2 Å². The molecule has 0 saturated carbocycles. The van der Waals surface area contributed by atoms with Gasteiger partial charge < -0.3 is 4.42 Å². The van der Waals surface area contributed by atoms with E-state index in [1.807, 2.05) is 74.5 Å². The number of hydrogen-bond acceptors (Lipinski definition) is 5. The van der Waals surface area contributed by atoms with Gasteiger partial charge >= 0.3 is 0 Å². The summed E-state index contributed by atoms with van der Waals surface area (Å²) in [7, 11) is 0. The maximum atomic E-state index is 6.06. The van der Waals surface area contributed by atoms with Gasteiger partial charge in [0.25, 0.3) is 0 Å². The van der Waals surface area contributed by atoms with E-state index in [0.717, 1.165) is 33.3 Å². The average Bonchev–Trinajstić information content (AvgIpc) is 2.66. The number of anilines is 1. The second-order valence-electron chi connectivity index (χ2n) is 6.20. The molecular formula is C21H17ClN4O. The molecule has 0 bridgehead atoms. The number of para-hydroxylation sites is 1. The number of hydrogen-bond donors (Lipinski definition) is 1. The number of rotatable bonds is 3. The summed E-state index contributed by atoms with van der Waals surface area (Å²) in [6.45, 7) is 3.85. The molecule has 0 saturated heterocycles. The van der Waals surface area contributed by atoms with Crippen molar-refractivity contribution in [3.05, 3.63) is 82.4 Å². The quantitative estimate of drug-likeness (QED) is 0.506. The predicted octanol–water partition coefficient (Wildman–Crippen LogP) is 5.09. The lowest BCUT2D eigenvalue weighted by Crippen LogP contribution is -2.09. The number of aryl methyl sites for hydroxylation is 2. The Hall–Kier alpha value is -3.18. The molecule has 0 unspecified atom stereocenters. The molecule has 1 N–H and O–H groups in total. The van der Waals surface area contributed by atoms with E-state index in [9.17, 15) is 0 Å². The third-order valence-corrected chi connectivity index (χ3v) is 4.29. The van der Waals surface area contributed by atoms with Crippen LogP contribution in [-0.2, 0) is 0 Å². The fourth-order valence-electron chi connectivity index (χ4n) is 2.85. The van der Waals surface area contributed by atoms with E-state index < -0.39 is 0 Å². The van der Waals surface area contributed by atoms with Gasteiger partial charge in [-0.1, -0.05) is 23.7 Å². The summed E-state index contributed by atoms with van der Waals surface area (Å²) in [5.74, 6) is 1.16. The fraction of sp³-hybridized carbons (Fsp3) is 0.0952. The van der Waals surface area contributed by atoms with Crippen LogP contribution in [0.4, 0.5) is 5.95 Å². The number of halogens is 1. The summed E-state index contributed by atoms with van der Waals surface area (Å²) < 4.78 is 6.06. The van der Waals surface area contributed by atoms with Crippen molar-refractivity contribution in [1.29, 1.82) is 0 Å². The van der Waals surface area contributed by atoms with Gasteiger partial charge in [-0.05, 0) is 56.3 Å². The zero-order valence-corrected chi connectivity index (χ0v) is 15.7. The fourth-order valence-corrected chi connectivity index (χ4v) is 2.98. The molecule has 2 heterocycles. The van der Waals surface area contributed by atoms with Crippen LogP contribution in [0.5, 0.6) is 0 Å². The zero-order valence-electron chi connectivity index (χ0n) is 14.9. The van der Waals surface area contributed by atoms with Crippen LogP contribution in [0, 0.1) is 13.8 Å². The summed E-state index contributed by atoms with van der Waals surface area (Å²) in [4.78, 5) is 8.73. The number of aromatic nitrogens is 2. The van der Waals surface area contributed by atoms with Crippen LogP contribution in [0.2, 0.25) is 5.02 Å². The van der Waals surface area contributed by atoms with Gasteiger partial charge in [-0.15, -0.1) is 0 Å². The minimum Gasteiger partial charge on any atom is -0.456 e. The molecule has 0 spiro atoms. The van der Waals surface area contributed by atoms with Gasteiger partial charge in [0.05, 0.1) is 5.36 Å². The molecule has 4 rings (SSSR count). The largest absolute Gasteiger partial charge is 0.456 e. The molecular weight excluding hydrogens is 360 g/mol. The van der Waals surface area contributed by atoms with E-state index in [1.165, 1.54) is 0 Å². The van der Waals surface area contributed by atoms with Crippen LogP contribution >= 0.6 is 11.6 Å². The van der Waals surface area contributed by atoms with Crippen molar-refractivity contribution in [3.8, 4) is 11.3 Å². The summed E-state index contributed by atoms with van der Waals surface area (Å²) in [6.07, 6.45) is 0. The highest BCUT2D eigenvalue weighted by Gasteiger charge is 2.06. The molecule has 27 heavy (non-hydrogen) atoms. The van der Waals surface area contributed by atoms with Gasteiger partial charge in [0.2, 0.25) is 5.95 Å². The molecule has 2 aromatic carbocycles. The summed E-state index contributed by atoms with van der Waals surface area (Å²) in [5, 5.41) is 6.84. The summed E-state index contributed by atoms with van der Waals surface area (Å²) in [6, 6.07) is 19.1. The molecule has 0 aliphatic rings. The SMILES string of the molecule is Cc1cc(C)nc(NN=c2cc(-c3ccc(Cl)cc3)oc3ccccc23)n1. The first-order valence-corrected chi connectivity index (χ1v) is 8.87. The van der Waals surface area contributed by atoms with Crippen molar-refractivity contribution >= 4 is 28.5 Å². The normalized spacial score (nSPS) is 11.7. The molecule has 0 aliphatic heterocycles. The Morgan fingerprint density at radius 2 is 1.63 bits per heavy atom. The van der Waals surface area contributed by atoms with E-state index in [2.05, 4.69) is 20.5 Å². The van der Waals surface area contributed by atoms with E-state index in [0.29, 0.717) is 16.7 Å². The molecule has 0 fully saturated rings. The molecule has 0 amide bonds. The van der Waals surface area contributed by atoms with Crippen molar-refractivity contribution in [2.75, 3.05) is 5.43 Å². The van der Waals surface area contributed by atoms with Crippen LogP contribution in [-0.4, -0.2) is 9.97 Å². The first kappa shape index (κ1) is 17.2. The standard InChI is InChI=1S/C21H17ClN4O/c1-13-11-14(2)24-21(23-13)26-25-18-12-20(15-7-9-16(22)10-8-15)27-19-6-4-3-5-17(18)19/h3-12H,1-2H3,(H,23,24,26). The Bertz CT molecular complexity index is 1160. The Kier molecular flexibility index (Phi) is 4.60.